The Morgan fingerprint density at radius 2 is 2.12 bits per heavy atom. The van der Waals surface area contributed by atoms with Crippen molar-refractivity contribution in [3.63, 3.8) is 0 Å². The van der Waals surface area contributed by atoms with Gasteiger partial charge in [-0.25, -0.2) is 4.98 Å². The third kappa shape index (κ3) is 5.02. The van der Waals surface area contributed by atoms with E-state index in [4.69, 9.17) is 0 Å². The maximum atomic E-state index is 4.68. The summed E-state index contributed by atoms with van der Waals surface area (Å²) in [5.74, 6) is 1.77. The first-order chi connectivity index (χ1) is 11.4. The molecule has 8 heteroatoms. The number of nitrogens with one attached hydrogen (secondary N) is 2. The van der Waals surface area contributed by atoms with Crippen LogP contribution >= 0.6 is 11.3 Å². The maximum absolute atomic E-state index is 4.68. The molecular weight excluding hydrogens is 322 g/mol. The van der Waals surface area contributed by atoms with Crippen LogP contribution in [0.2, 0.25) is 0 Å². The molecule has 0 spiro atoms. The van der Waals surface area contributed by atoms with Gasteiger partial charge >= 0.3 is 0 Å². The Balaban J connectivity index is 1.79. The summed E-state index contributed by atoms with van der Waals surface area (Å²) < 4.78 is 2.05. The van der Waals surface area contributed by atoms with Crippen molar-refractivity contribution in [2.75, 3.05) is 13.6 Å². The van der Waals surface area contributed by atoms with Gasteiger partial charge in [0.05, 0.1) is 12.2 Å². The summed E-state index contributed by atoms with van der Waals surface area (Å²) in [6, 6.07) is 0. The lowest BCUT2D eigenvalue weighted by Gasteiger charge is -2.14. The van der Waals surface area contributed by atoms with Crippen molar-refractivity contribution in [3.05, 3.63) is 28.2 Å². The average Bonchev–Trinajstić information content (AvgIpc) is 3.19. The van der Waals surface area contributed by atoms with Crippen LogP contribution < -0.4 is 10.6 Å². The van der Waals surface area contributed by atoms with E-state index in [1.54, 1.807) is 24.7 Å². The van der Waals surface area contributed by atoms with E-state index in [2.05, 4.69) is 68.4 Å². The van der Waals surface area contributed by atoms with Crippen LogP contribution in [0.3, 0.4) is 0 Å². The minimum absolute atomic E-state index is 0.0878. The molecule has 0 bridgehead atoms. The smallest absolute Gasteiger partial charge is 0.191 e. The molecule has 0 amide bonds. The molecule has 2 N–H and O–H groups in total. The summed E-state index contributed by atoms with van der Waals surface area (Å²) in [5.41, 5.74) is 1.22. The first-order valence-electron chi connectivity index (χ1n) is 8.20. The normalized spacial score (nSPS) is 12.5. The van der Waals surface area contributed by atoms with E-state index in [1.165, 1.54) is 0 Å². The zero-order valence-corrected chi connectivity index (χ0v) is 15.9. The highest BCUT2D eigenvalue weighted by Gasteiger charge is 2.17. The number of hydrogen-bond acceptors (Lipinski definition) is 5. The summed E-state index contributed by atoms with van der Waals surface area (Å²) in [6.07, 6.45) is 2.65. The molecule has 7 nitrogen and oxygen atoms in total. The fraction of sp³-hybridized carbons (Fsp3) is 0.625. The number of hydrogen-bond donors (Lipinski definition) is 2. The second-order valence-electron chi connectivity index (χ2n) is 6.52. The van der Waals surface area contributed by atoms with Crippen LogP contribution in [0, 0.1) is 0 Å². The van der Waals surface area contributed by atoms with E-state index in [1.807, 2.05) is 0 Å². The Kier molecular flexibility index (Phi) is 6.30. The first-order valence-corrected chi connectivity index (χ1v) is 9.08. The number of nitrogens with zero attached hydrogens (tertiary/aromatic N) is 5. The number of rotatable bonds is 6. The van der Waals surface area contributed by atoms with Crippen molar-refractivity contribution in [1.29, 1.82) is 0 Å². The highest BCUT2D eigenvalue weighted by Crippen LogP contribution is 2.23. The standard InChI is InChI=1S/C16H27N7S/c1-6-13-22-20-11-23(13)8-7-18-15(17-5)19-9-14-21-12(10-24-14)16(2,3)4/h10-11H,6-9H2,1-5H3,(H2,17,18,19). The molecule has 0 saturated carbocycles. The van der Waals surface area contributed by atoms with Gasteiger partial charge in [-0.3, -0.25) is 4.99 Å². The van der Waals surface area contributed by atoms with Crippen LogP contribution in [0.25, 0.3) is 0 Å². The maximum Gasteiger partial charge on any atom is 0.191 e. The molecule has 0 aliphatic rings. The van der Waals surface area contributed by atoms with Crippen LogP contribution in [0.15, 0.2) is 16.7 Å². The average molecular weight is 350 g/mol. The Hall–Kier alpha value is -1.96. The second kappa shape index (κ2) is 8.23. The van der Waals surface area contributed by atoms with Gasteiger partial charge in [-0.2, -0.15) is 0 Å². The quantitative estimate of drug-likeness (QED) is 0.615. The van der Waals surface area contributed by atoms with E-state index in [0.717, 1.165) is 42.0 Å². The van der Waals surface area contributed by atoms with Gasteiger partial charge in [0, 0.05) is 37.4 Å². The third-order valence-electron chi connectivity index (χ3n) is 3.61. The topological polar surface area (TPSA) is 80.0 Å². The monoisotopic (exact) mass is 349 g/mol. The molecule has 0 atom stereocenters. The van der Waals surface area contributed by atoms with Gasteiger partial charge in [0.2, 0.25) is 0 Å². The first kappa shape index (κ1) is 18.4. The summed E-state index contributed by atoms with van der Waals surface area (Å²) in [5, 5.41) is 17.8. The molecule has 132 valence electrons. The number of thiazole rings is 1. The third-order valence-corrected chi connectivity index (χ3v) is 4.46. The fourth-order valence-electron chi connectivity index (χ4n) is 2.15. The Labute approximate surface area is 147 Å². The van der Waals surface area contributed by atoms with Gasteiger partial charge in [-0.1, -0.05) is 27.7 Å². The van der Waals surface area contributed by atoms with Gasteiger partial charge in [-0.15, -0.1) is 21.5 Å². The molecule has 0 radical (unpaired) electrons. The molecule has 0 unspecified atom stereocenters. The second-order valence-corrected chi connectivity index (χ2v) is 7.47. The number of guanidine groups is 1. The number of aliphatic imine (C=N–C) groups is 1. The van der Waals surface area contributed by atoms with E-state index >= 15 is 0 Å². The highest BCUT2D eigenvalue weighted by atomic mass is 32.1. The summed E-state index contributed by atoms with van der Waals surface area (Å²) in [7, 11) is 1.77. The molecule has 2 aromatic rings. The minimum Gasteiger partial charge on any atom is -0.355 e. The van der Waals surface area contributed by atoms with Gasteiger partial charge in [-0.05, 0) is 0 Å². The van der Waals surface area contributed by atoms with Crippen molar-refractivity contribution in [2.45, 2.75) is 52.6 Å². The molecule has 2 rings (SSSR count). The Morgan fingerprint density at radius 1 is 1.33 bits per heavy atom. The van der Waals surface area contributed by atoms with Crippen molar-refractivity contribution in [3.8, 4) is 0 Å². The zero-order chi connectivity index (χ0) is 17.6. The molecule has 0 aliphatic carbocycles. The Bertz CT molecular complexity index is 666. The summed E-state index contributed by atoms with van der Waals surface area (Å²) in [6.45, 7) is 10.8. The summed E-state index contributed by atoms with van der Waals surface area (Å²) >= 11 is 1.68. The predicted octanol–water partition coefficient (Wildman–Crippen LogP) is 1.96. The van der Waals surface area contributed by atoms with E-state index in [0.29, 0.717) is 6.54 Å². The van der Waals surface area contributed by atoms with Crippen molar-refractivity contribution in [2.24, 2.45) is 4.99 Å². The number of aromatic nitrogens is 4. The lowest BCUT2D eigenvalue weighted by atomic mass is 9.93. The minimum atomic E-state index is 0.0878. The molecule has 0 fully saturated rings. The molecule has 0 aromatic carbocycles. The van der Waals surface area contributed by atoms with Gasteiger partial charge in [0.15, 0.2) is 5.96 Å². The van der Waals surface area contributed by atoms with Crippen LogP contribution in [0.1, 0.15) is 44.2 Å². The molecule has 0 aliphatic heterocycles. The largest absolute Gasteiger partial charge is 0.355 e. The fourth-order valence-corrected chi connectivity index (χ4v) is 3.11. The molecule has 2 aromatic heterocycles. The molecule has 24 heavy (non-hydrogen) atoms. The van der Waals surface area contributed by atoms with Gasteiger partial charge < -0.3 is 15.2 Å². The van der Waals surface area contributed by atoms with E-state index < -0.39 is 0 Å². The van der Waals surface area contributed by atoms with Gasteiger partial charge in [0.1, 0.15) is 17.2 Å². The van der Waals surface area contributed by atoms with Crippen molar-refractivity contribution < 1.29 is 0 Å². The van der Waals surface area contributed by atoms with Crippen molar-refractivity contribution in [1.82, 2.24) is 30.4 Å². The van der Waals surface area contributed by atoms with Crippen LogP contribution in [0.5, 0.6) is 0 Å². The SMILES string of the molecule is CCc1nncn1CCNC(=NC)NCc1nc(C(C)(C)C)cs1. The molecular formula is C16H27N7S. The number of aryl methyl sites for hydroxylation is 1. The van der Waals surface area contributed by atoms with Crippen LogP contribution in [-0.2, 0) is 24.9 Å². The van der Waals surface area contributed by atoms with E-state index in [-0.39, 0.29) is 5.41 Å². The van der Waals surface area contributed by atoms with Crippen molar-refractivity contribution >= 4 is 17.3 Å². The Morgan fingerprint density at radius 3 is 2.75 bits per heavy atom. The molecule has 0 saturated heterocycles. The van der Waals surface area contributed by atoms with Crippen LogP contribution in [0.4, 0.5) is 0 Å². The highest BCUT2D eigenvalue weighted by molar-refractivity contribution is 7.09. The van der Waals surface area contributed by atoms with Crippen LogP contribution in [-0.4, -0.2) is 39.3 Å². The predicted molar refractivity (Wildman–Crippen MR) is 98.4 cm³/mol. The van der Waals surface area contributed by atoms with Gasteiger partial charge in [0.25, 0.3) is 0 Å². The summed E-state index contributed by atoms with van der Waals surface area (Å²) in [4.78, 5) is 8.93. The molecule has 2 heterocycles. The lowest BCUT2D eigenvalue weighted by molar-refractivity contribution is 0.570. The lowest BCUT2D eigenvalue weighted by Crippen LogP contribution is -2.38. The zero-order valence-electron chi connectivity index (χ0n) is 15.1. The van der Waals surface area contributed by atoms with E-state index in [9.17, 15) is 0 Å².